The van der Waals surface area contributed by atoms with Crippen molar-refractivity contribution in [3.05, 3.63) is 0 Å². The Morgan fingerprint density at radius 3 is 0.575 bits per heavy atom. The van der Waals surface area contributed by atoms with Gasteiger partial charge in [0.25, 0.3) is 0 Å². The molecular weight excluding hydrogens is 531 g/mol. The van der Waals surface area contributed by atoms with Gasteiger partial charge in [0, 0.05) is 0 Å². The number of hydrogen-bond acceptors (Lipinski definition) is 0. The smallest absolute Gasteiger partial charge is 0.0755 e. The molecule has 0 aromatic carbocycles. The molecular formula is C36H80Cl2N2. The highest BCUT2D eigenvalue weighted by atomic mass is 35.5. The summed E-state index contributed by atoms with van der Waals surface area (Å²) in [4.78, 5) is 0. The fourth-order valence-electron chi connectivity index (χ4n) is 5.82. The van der Waals surface area contributed by atoms with E-state index in [1.54, 1.807) is 0 Å². The van der Waals surface area contributed by atoms with Crippen LogP contribution in [0, 0.1) is 0 Å². The van der Waals surface area contributed by atoms with Crippen LogP contribution in [0.4, 0.5) is 0 Å². The number of unbranched alkanes of at least 4 members (excludes halogenated alkanes) is 30. The zero-order chi connectivity index (χ0) is 26.7. The number of halogens is 2. The van der Waals surface area contributed by atoms with Crippen molar-refractivity contribution >= 4 is 0 Å². The van der Waals surface area contributed by atoms with Crippen molar-refractivity contribution in [3.63, 3.8) is 0 Å². The molecule has 4 heteroatoms. The first-order valence-electron chi connectivity index (χ1n) is 18.2. The molecule has 248 valence electrons. The Kier molecular flexibility index (Phi) is 55.1. The highest BCUT2D eigenvalue weighted by Crippen LogP contribution is 2.15. The monoisotopic (exact) mass is 611 g/mol. The lowest BCUT2D eigenvalue weighted by Crippen LogP contribution is -3.00. The van der Waals surface area contributed by atoms with Gasteiger partial charge in [0.05, 0.1) is 13.1 Å². The zero-order valence-corrected chi connectivity index (χ0v) is 29.9. The fraction of sp³-hybridized carbons (Fsp3) is 1.00. The topological polar surface area (TPSA) is 53.1 Å². The summed E-state index contributed by atoms with van der Waals surface area (Å²) in [5.41, 5.74) is 0. The summed E-state index contributed by atoms with van der Waals surface area (Å²) in [5, 5.41) is 2.59. The Balaban J connectivity index is -0.00000216. The third-order valence-corrected chi connectivity index (χ3v) is 8.52. The standard InChI is InChI=1S/C36H75N.2ClH.H3N/c1-3-5-7-9-11-13-15-17-19-21-23-25-27-29-31-33-35-37-36-34-32-30-28-26-24-22-20-18-16-14-12-10-8-6-4-2;;;/h37H,3-36H2,1-2H3;2*1H;1H3. The van der Waals surface area contributed by atoms with E-state index in [4.69, 9.17) is 0 Å². The Labute approximate surface area is 268 Å². The number of quaternary nitrogens is 2. The molecule has 0 saturated carbocycles. The van der Waals surface area contributed by atoms with E-state index in [0.717, 1.165) is 0 Å². The Bertz CT molecular complexity index is 348. The van der Waals surface area contributed by atoms with Crippen LogP contribution in [0.3, 0.4) is 0 Å². The van der Waals surface area contributed by atoms with Gasteiger partial charge in [-0.2, -0.15) is 0 Å². The van der Waals surface area contributed by atoms with Crippen LogP contribution in [-0.4, -0.2) is 13.1 Å². The van der Waals surface area contributed by atoms with Crippen molar-refractivity contribution in [3.8, 4) is 0 Å². The van der Waals surface area contributed by atoms with Crippen LogP contribution >= 0.6 is 0 Å². The molecule has 0 atom stereocenters. The van der Waals surface area contributed by atoms with E-state index in [1.165, 1.54) is 219 Å². The first-order chi connectivity index (χ1) is 18.4. The first-order valence-corrected chi connectivity index (χ1v) is 18.2. The molecule has 0 aliphatic carbocycles. The molecule has 0 amide bonds. The quantitative estimate of drug-likeness (QED) is 0.0786. The van der Waals surface area contributed by atoms with Gasteiger partial charge in [0.1, 0.15) is 0 Å². The highest BCUT2D eigenvalue weighted by molar-refractivity contribution is 4.51. The molecule has 0 aliphatic heterocycles. The van der Waals surface area contributed by atoms with E-state index in [-0.39, 0.29) is 31.0 Å². The maximum atomic E-state index is 2.59. The second-order valence-corrected chi connectivity index (χ2v) is 12.5. The molecule has 0 rings (SSSR count). The zero-order valence-electron chi connectivity index (χ0n) is 28.4. The SMILES string of the molecule is CCCCCCCCCCCCCCCCCC[NH2+]CCCCCCCCCCCCCCCCCC.[Cl-].[Cl-].[NH4+]. The van der Waals surface area contributed by atoms with E-state index >= 15 is 0 Å². The predicted octanol–water partition coefficient (Wildman–Crippen LogP) is 6.46. The van der Waals surface area contributed by atoms with Gasteiger partial charge in [-0.05, 0) is 25.7 Å². The minimum absolute atomic E-state index is 0. The molecule has 2 nitrogen and oxygen atoms in total. The average Bonchev–Trinajstić information content (AvgIpc) is 2.91. The van der Waals surface area contributed by atoms with Crippen LogP contribution in [0.5, 0.6) is 0 Å². The fourth-order valence-corrected chi connectivity index (χ4v) is 5.82. The summed E-state index contributed by atoms with van der Waals surface area (Å²) in [6, 6.07) is 0. The van der Waals surface area contributed by atoms with E-state index in [1.807, 2.05) is 0 Å². The average molecular weight is 612 g/mol. The Morgan fingerprint density at radius 2 is 0.400 bits per heavy atom. The summed E-state index contributed by atoms with van der Waals surface area (Å²) in [6.45, 7) is 7.36. The Morgan fingerprint density at radius 1 is 0.250 bits per heavy atom. The second-order valence-electron chi connectivity index (χ2n) is 12.5. The van der Waals surface area contributed by atoms with Crippen LogP contribution in [0.2, 0.25) is 0 Å². The lowest BCUT2D eigenvalue weighted by atomic mass is 10.0. The van der Waals surface area contributed by atoms with Gasteiger partial charge in [-0.25, -0.2) is 0 Å². The molecule has 0 heterocycles. The van der Waals surface area contributed by atoms with E-state index < -0.39 is 0 Å². The maximum Gasteiger partial charge on any atom is 0.0755 e. The van der Waals surface area contributed by atoms with Gasteiger partial charge >= 0.3 is 0 Å². The van der Waals surface area contributed by atoms with Crippen molar-refractivity contribution < 1.29 is 30.1 Å². The van der Waals surface area contributed by atoms with Crippen molar-refractivity contribution in [2.24, 2.45) is 0 Å². The van der Waals surface area contributed by atoms with E-state index in [2.05, 4.69) is 19.2 Å². The first kappa shape index (κ1) is 47.4. The third kappa shape index (κ3) is 45.5. The van der Waals surface area contributed by atoms with Gasteiger partial charge in [-0.1, -0.05) is 194 Å². The lowest BCUT2D eigenvalue weighted by molar-refractivity contribution is -0.655. The van der Waals surface area contributed by atoms with Crippen molar-refractivity contribution in [2.75, 3.05) is 13.1 Å². The molecule has 6 N–H and O–H groups in total. The summed E-state index contributed by atoms with van der Waals surface area (Å²) in [5.74, 6) is 0. The predicted molar refractivity (Wildman–Crippen MR) is 177 cm³/mol. The summed E-state index contributed by atoms with van der Waals surface area (Å²) in [7, 11) is 0. The molecule has 0 radical (unpaired) electrons. The molecule has 40 heavy (non-hydrogen) atoms. The van der Waals surface area contributed by atoms with Crippen LogP contribution in [0.1, 0.15) is 219 Å². The number of rotatable bonds is 34. The van der Waals surface area contributed by atoms with Crippen LogP contribution in [0.15, 0.2) is 0 Å². The van der Waals surface area contributed by atoms with Gasteiger partial charge in [-0.15, -0.1) is 0 Å². The number of hydrogen-bond donors (Lipinski definition) is 2. The minimum atomic E-state index is 0. The molecule has 0 aromatic rings. The second kappa shape index (κ2) is 46.5. The largest absolute Gasteiger partial charge is 1.00 e. The van der Waals surface area contributed by atoms with Gasteiger partial charge < -0.3 is 36.3 Å². The maximum absolute atomic E-state index is 2.59. The van der Waals surface area contributed by atoms with Gasteiger partial charge in [0.2, 0.25) is 0 Å². The van der Waals surface area contributed by atoms with Crippen molar-refractivity contribution in [1.29, 1.82) is 0 Å². The molecule has 0 saturated heterocycles. The number of nitrogens with two attached hydrogens (primary N) is 1. The highest BCUT2D eigenvalue weighted by Gasteiger charge is 1.97. The summed E-state index contributed by atoms with van der Waals surface area (Å²) in [6.07, 6.45) is 47.0. The van der Waals surface area contributed by atoms with Crippen molar-refractivity contribution in [1.82, 2.24) is 6.15 Å². The van der Waals surface area contributed by atoms with Crippen LogP contribution in [-0.2, 0) is 0 Å². The molecule has 0 unspecified atom stereocenters. The molecule has 0 spiro atoms. The van der Waals surface area contributed by atoms with Crippen molar-refractivity contribution in [2.45, 2.75) is 219 Å². The van der Waals surface area contributed by atoms with Gasteiger partial charge in [0.15, 0.2) is 0 Å². The van der Waals surface area contributed by atoms with E-state index in [9.17, 15) is 0 Å². The molecule has 0 bridgehead atoms. The Hall–Kier alpha value is 0.500. The lowest BCUT2D eigenvalue weighted by Gasteiger charge is -2.04. The van der Waals surface area contributed by atoms with E-state index in [0.29, 0.717) is 0 Å². The molecule has 0 fully saturated rings. The molecule has 0 aliphatic rings. The van der Waals surface area contributed by atoms with Gasteiger partial charge in [-0.3, -0.25) is 0 Å². The van der Waals surface area contributed by atoms with Crippen LogP contribution < -0.4 is 36.3 Å². The normalized spacial score (nSPS) is 10.7. The molecule has 0 aromatic heterocycles. The summed E-state index contributed by atoms with van der Waals surface area (Å²) < 4.78 is 0. The summed E-state index contributed by atoms with van der Waals surface area (Å²) >= 11 is 0. The van der Waals surface area contributed by atoms with Crippen LogP contribution in [0.25, 0.3) is 0 Å². The third-order valence-electron chi connectivity index (χ3n) is 8.52. The minimum Gasteiger partial charge on any atom is -1.00 e.